The van der Waals surface area contributed by atoms with Crippen molar-refractivity contribution in [3.05, 3.63) is 0 Å². The Morgan fingerprint density at radius 1 is 1.35 bits per heavy atom. The Morgan fingerprint density at radius 3 is 2.45 bits per heavy atom. The summed E-state index contributed by atoms with van der Waals surface area (Å²) in [6.07, 6.45) is 6.13. The molecule has 5 nitrogen and oxygen atoms in total. The van der Waals surface area contributed by atoms with Gasteiger partial charge >= 0.3 is 0 Å². The first-order valence-electron chi connectivity index (χ1n) is 7.20. The molecule has 0 radical (unpaired) electrons. The lowest BCUT2D eigenvalue weighted by Crippen LogP contribution is -2.43. The normalized spacial score (nSPS) is 17.5. The molecule has 1 aliphatic carbocycles. The van der Waals surface area contributed by atoms with Crippen molar-refractivity contribution in [1.82, 2.24) is 5.32 Å². The summed E-state index contributed by atoms with van der Waals surface area (Å²) in [4.78, 5) is 11.8. The summed E-state index contributed by atoms with van der Waals surface area (Å²) in [7, 11) is -3.29. The summed E-state index contributed by atoms with van der Waals surface area (Å²) in [6.45, 7) is 2.43. The van der Waals surface area contributed by atoms with Crippen molar-refractivity contribution in [1.29, 1.82) is 0 Å². The van der Waals surface area contributed by atoms with Gasteiger partial charge in [0.2, 0.25) is 5.91 Å². The Bertz CT molecular complexity index is 381. The van der Waals surface area contributed by atoms with Crippen molar-refractivity contribution in [3.63, 3.8) is 0 Å². The van der Waals surface area contributed by atoms with Crippen molar-refractivity contribution in [2.24, 2.45) is 5.73 Å². The number of hydrogen-bond donors (Lipinski definition) is 2. The third kappa shape index (κ3) is 6.41. The number of halogens is 1. The van der Waals surface area contributed by atoms with Crippen molar-refractivity contribution in [2.45, 2.75) is 63.2 Å². The summed E-state index contributed by atoms with van der Waals surface area (Å²) >= 11 is 0. The molecule has 1 unspecified atom stereocenters. The van der Waals surface area contributed by atoms with E-state index in [-0.39, 0.29) is 29.5 Å². The summed E-state index contributed by atoms with van der Waals surface area (Å²) in [6, 6.07) is -0.105. The Hall–Kier alpha value is -0.330. The minimum Gasteiger partial charge on any atom is -0.351 e. The number of rotatable bonds is 8. The van der Waals surface area contributed by atoms with Crippen molar-refractivity contribution in [3.8, 4) is 0 Å². The molecule has 1 atom stereocenters. The van der Waals surface area contributed by atoms with Gasteiger partial charge in [-0.3, -0.25) is 4.79 Å². The van der Waals surface area contributed by atoms with Crippen LogP contribution in [0, 0.1) is 0 Å². The molecule has 1 amide bonds. The van der Waals surface area contributed by atoms with Crippen LogP contribution in [0.5, 0.6) is 0 Å². The van der Waals surface area contributed by atoms with E-state index in [9.17, 15) is 13.2 Å². The van der Waals surface area contributed by atoms with Crippen molar-refractivity contribution >= 4 is 28.2 Å². The molecule has 1 rings (SSSR count). The molecule has 0 aliphatic heterocycles. The lowest BCUT2D eigenvalue weighted by atomic mass is 10.1. The fourth-order valence-corrected chi connectivity index (χ4v) is 4.25. The van der Waals surface area contributed by atoms with Gasteiger partial charge in [-0.1, -0.05) is 32.6 Å². The number of carbonyl (C=O) groups excluding carboxylic acids is 1. The fourth-order valence-electron chi connectivity index (χ4n) is 2.52. The van der Waals surface area contributed by atoms with Crippen LogP contribution in [-0.2, 0) is 14.6 Å². The molecular formula is C13H27ClN2O3S. The standard InChI is InChI=1S/C13H26N2O3S.ClH/c1-2-3-6-11(9-14)15-13(16)10-19(17,18)12-7-4-5-8-12;/h11-12H,2-10,14H2,1H3,(H,15,16);1H. The Balaban J connectivity index is 0.00000361. The van der Waals surface area contributed by atoms with Gasteiger partial charge in [-0.15, -0.1) is 12.4 Å². The number of sulfone groups is 1. The lowest BCUT2D eigenvalue weighted by Gasteiger charge is -2.17. The molecule has 20 heavy (non-hydrogen) atoms. The van der Waals surface area contributed by atoms with Gasteiger partial charge in [0.15, 0.2) is 9.84 Å². The number of nitrogens with one attached hydrogen (secondary N) is 1. The van der Waals surface area contributed by atoms with E-state index < -0.39 is 15.7 Å². The van der Waals surface area contributed by atoms with Crippen LogP contribution >= 0.6 is 12.4 Å². The average molecular weight is 327 g/mol. The number of hydrogen-bond acceptors (Lipinski definition) is 4. The maximum Gasteiger partial charge on any atom is 0.235 e. The van der Waals surface area contributed by atoms with Crippen molar-refractivity contribution in [2.75, 3.05) is 12.3 Å². The van der Waals surface area contributed by atoms with Gasteiger partial charge in [0.25, 0.3) is 0 Å². The quantitative estimate of drug-likeness (QED) is 0.705. The van der Waals surface area contributed by atoms with Crippen LogP contribution < -0.4 is 11.1 Å². The minimum atomic E-state index is -3.29. The van der Waals surface area contributed by atoms with Gasteiger partial charge in [0, 0.05) is 12.6 Å². The van der Waals surface area contributed by atoms with Crippen LogP contribution in [0.15, 0.2) is 0 Å². The Kier molecular flexibility index (Phi) is 9.42. The number of carbonyl (C=O) groups is 1. The van der Waals surface area contributed by atoms with Crippen LogP contribution in [0.3, 0.4) is 0 Å². The topological polar surface area (TPSA) is 89.3 Å². The van der Waals surface area contributed by atoms with Crippen LogP contribution in [0.25, 0.3) is 0 Å². The summed E-state index contributed by atoms with van der Waals surface area (Å²) in [5.41, 5.74) is 5.58. The van der Waals surface area contributed by atoms with Gasteiger partial charge in [0.1, 0.15) is 5.75 Å². The molecule has 0 bridgehead atoms. The van der Waals surface area contributed by atoms with Gasteiger partial charge in [0.05, 0.1) is 5.25 Å². The molecule has 0 spiro atoms. The zero-order valence-electron chi connectivity index (χ0n) is 12.1. The number of nitrogens with two attached hydrogens (primary N) is 1. The van der Waals surface area contributed by atoms with Gasteiger partial charge in [-0.05, 0) is 19.3 Å². The molecule has 0 heterocycles. The van der Waals surface area contributed by atoms with E-state index in [0.29, 0.717) is 19.4 Å². The second-order valence-electron chi connectivity index (χ2n) is 5.36. The first-order valence-corrected chi connectivity index (χ1v) is 8.92. The summed E-state index contributed by atoms with van der Waals surface area (Å²) in [5.74, 6) is -0.793. The average Bonchev–Trinajstić information content (AvgIpc) is 2.88. The van der Waals surface area contributed by atoms with Gasteiger partial charge in [-0.25, -0.2) is 8.42 Å². The molecular weight excluding hydrogens is 300 g/mol. The molecule has 0 aromatic heterocycles. The van der Waals surface area contributed by atoms with E-state index in [4.69, 9.17) is 5.73 Å². The third-order valence-electron chi connectivity index (χ3n) is 3.70. The highest BCUT2D eigenvalue weighted by molar-refractivity contribution is 7.92. The van der Waals surface area contributed by atoms with E-state index in [0.717, 1.165) is 32.1 Å². The maximum absolute atomic E-state index is 12.0. The highest BCUT2D eigenvalue weighted by Crippen LogP contribution is 2.25. The molecule has 7 heteroatoms. The molecule has 1 saturated carbocycles. The molecule has 0 aromatic rings. The highest BCUT2D eigenvalue weighted by Gasteiger charge is 2.30. The van der Waals surface area contributed by atoms with E-state index in [1.807, 2.05) is 0 Å². The minimum absolute atomic E-state index is 0. The van der Waals surface area contributed by atoms with Crippen LogP contribution in [0.1, 0.15) is 51.9 Å². The van der Waals surface area contributed by atoms with Crippen LogP contribution in [0.2, 0.25) is 0 Å². The zero-order valence-corrected chi connectivity index (χ0v) is 13.8. The Labute approximate surface area is 128 Å². The molecule has 120 valence electrons. The summed E-state index contributed by atoms with van der Waals surface area (Å²) in [5, 5.41) is 2.42. The van der Waals surface area contributed by atoms with E-state index in [2.05, 4.69) is 12.2 Å². The SMILES string of the molecule is CCCCC(CN)NC(=O)CS(=O)(=O)C1CCCC1.Cl. The first kappa shape index (κ1) is 19.7. The first-order chi connectivity index (χ1) is 8.99. The number of unbranched alkanes of at least 4 members (excludes halogenated alkanes) is 1. The van der Waals surface area contributed by atoms with Crippen LogP contribution in [0.4, 0.5) is 0 Å². The maximum atomic E-state index is 12.0. The van der Waals surface area contributed by atoms with Crippen molar-refractivity contribution < 1.29 is 13.2 Å². The van der Waals surface area contributed by atoms with Crippen LogP contribution in [-0.4, -0.2) is 37.9 Å². The molecule has 0 saturated heterocycles. The molecule has 3 N–H and O–H groups in total. The molecule has 0 aromatic carbocycles. The van der Waals surface area contributed by atoms with E-state index in [1.54, 1.807) is 0 Å². The zero-order chi connectivity index (χ0) is 14.3. The molecule has 1 fully saturated rings. The predicted octanol–water partition coefficient (Wildman–Crippen LogP) is 1.40. The summed E-state index contributed by atoms with van der Waals surface area (Å²) < 4.78 is 24.1. The second-order valence-corrected chi connectivity index (χ2v) is 7.64. The van der Waals surface area contributed by atoms with Gasteiger partial charge < -0.3 is 11.1 Å². The number of amides is 1. The highest BCUT2D eigenvalue weighted by atomic mass is 35.5. The fraction of sp³-hybridized carbons (Fsp3) is 0.923. The van der Waals surface area contributed by atoms with E-state index >= 15 is 0 Å². The smallest absolute Gasteiger partial charge is 0.235 e. The predicted molar refractivity (Wildman–Crippen MR) is 83.8 cm³/mol. The second kappa shape index (κ2) is 9.58. The largest absolute Gasteiger partial charge is 0.351 e. The van der Waals surface area contributed by atoms with Gasteiger partial charge in [-0.2, -0.15) is 0 Å². The monoisotopic (exact) mass is 326 g/mol. The lowest BCUT2D eigenvalue weighted by molar-refractivity contribution is -0.119. The third-order valence-corrected chi connectivity index (χ3v) is 5.85. The molecule has 1 aliphatic rings. The van der Waals surface area contributed by atoms with E-state index in [1.165, 1.54) is 0 Å². The Morgan fingerprint density at radius 2 is 1.95 bits per heavy atom.